The maximum absolute atomic E-state index is 12.5. The highest BCUT2D eigenvalue weighted by molar-refractivity contribution is 7.15. The Labute approximate surface area is 126 Å². The third-order valence-corrected chi connectivity index (χ3v) is 3.97. The molecule has 21 heavy (non-hydrogen) atoms. The van der Waals surface area contributed by atoms with Gasteiger partial charge in [-0.2, -0.15) is 0 Å². The zero-order valence-electron chi connectivity index (χ0n) is 11.7. The van der Waals surface area contributed by atoms with Crippen molar-refractivity contribution in [2.24, 2.45) is 0 Å². The molecule has 0 saturated heterocycles. The van der Waals surface area contributed by atoms with Gasteiger partial charge in [0.2, 0.25) is 0 Å². The first-order valence-corrected chi connectivity index (χ1v) is 7.74. The number of hydrogen-bond acceptors (Lipinski definition) is 4. The van der Waals surface area contributed by atoms with Crippen molar-refractivity contribution in [3.63, 3.8) is 0 Å². The fourth-order valence-corrected chi connectivity index (χ4v) is 2.92. The number of thiazole rings is 1. The number of nitrogens with zero attached hydrogens (tertiary/aromatic N) is 3. The van der Waals surface area contributed by atoms with E-state index in [1.54, 1.807) is 23.0 Å². The van der Waals surface area contributed by atoms with E-state index in [1.165, 1.54) is 11.3 Å². The fourth-order valence-electron chi connectivity index (χ4n) is 2.21. The molecule has 3 aromatic heterocycles. The van der Waals surface area contributed by atoms with Gasteiger partial charge in [-0.15, -0.1) is 11.3 Å². The number of aromatic nitrogens is 3. The minimum absolute atomic E-state index is 0.0361. The van der Waals surface area contributed by atoms with Crippen molar-refractivity contribution >= 4 is 28.4 Å². The van der Waals surface area contributed by atoms with Gasteiger partial charge in [0.1, 0.15) is 0 Å². The molecule has 4 nitrogen and oxygen atoms in total. The van der Waals surface area contributed by atoms with Gasteiger partial charge in [0.15, 0.2) is 4.96 Å². The lowest BCUT2D eigenvalue weighted by Crippen LogP contribution is -2.19. The first-order chi connectivity index (χ1) is 10.3. The predicted molar refractivity (Wildman–Crippen MR) is 86.5 cm³/mol. The quantitative estimate of drug-likeness (QED) is 0.742. The van der Waals surface area contributed by atoms with Crippen LogP contribution in [0.4, 0.5) is 0 Å². The van der Waals surface area contributed by atoms with Crippen LogP contribution in [0.1, 0.15) is 30.2 Å². The topological polar surface area (TPSA) is 47.3 Å². The normalized spacial score (nSPS) is 11.5. The molecule has 0 unspecified atom stereocenters. The molecule has 0 spiro atoms. The smallest absolute Gasteiger partial charge is 0.262 e. The molecule has 0 N–H and O–H groups in total. The highest BCUT2D eigenvalue weighted by Crippen LogP contribution is 2.14. The molecule has 0 radical (unpaired) electrons. The summed E-state index contributed by atoms with van der Waals surface area (Å²) in [6.45, 7) is 2.07. The van der Waals surface area contributed by atoms with Crippen molar-refractivity contribution in [3.8, 4) is 0 Å². The summed E-state index contributed by atoms with van der Waals surface area (Å²) in [6.07, 6.45) is 10.8. The van der Waals surface area contributed by atoms with Crippen LogP contribution in [0.2, 0.25) is 0 Å². The summed E-state index contributed by atoms with van der Waals surface area (Å²) in [7, 11) is 0. The summed E-state index contributed by atoms with van der Waals surface area (Å²) in [5.74, 6) is 0. The van der Waals surface area contributed by atoms with Crippen molar-refractivity contribution in [2.75, 3.05) is 0 Å². The van der Waals surface area contributed by atoms with Crippen molar-refractivity contribution < 1.29 is 0 Å². The largest absolute Gasteiger partial charge is 0.269 e. The van der Waals surface area contributed by atoms with E-state index in [1.807, 2.05) is 29.7 Å². The van der Waals surface area contributed by atoms with E-state index < -0.39 is 0 Å². The zero-order chi connectivity index (χ0) is 14.7. The molecule has 0 amide bonds. The van der Waals surface area contributed by atoms with Crippen LogP contribution >= 0.6 is 11.3 Å². The van der Waals surface area contributed by atoms with Crippen LogP contribution in [-0.2, 0) is 6.42 Å². The van der Waals surface area contributed by atoms with Crippen molar-refractivity contribution in [3.05, 3.63) is 63.3 Å². The van der Waals surface area contributed by atoms with Crippen molar-refractivity contribution in [2.45, 2.75) is 19.8 Å². The molecule has 5 heteroatoms. The van der Waals surface area contributed by atoms with Gasteiger partial charge in [-0.3, -0.25) is 14.2 Å². The van der Waals surface area contributed by atoms with E-state index in [0.717, 1.165) is 34.6 Å². The minimum Gasteiger partial charge on any atom is -0.269 e. The first kappa shape index (κ1) is 13.7. The van der Waals surface area contributed by atoms with Gasteiger partial charge in [-0.1, -0.05) is 25.5 Å². The van der Waals surface area contributed by atoms with E-state index in [9.17, 15) is 4.79 Å². The van der Waals surface area contributed by atoms with Gasteiger partial charge in [0.05, 0.1) is 5.69 Å². The number of hydrogen-bond donors (Lipinski definition) is 0. The molecule has 0 saturated carbocycles. The van der Waals surface area contributed by atoms with Crippen LogP contribution in [0.25, 0.3) is 17.1 Å². The molecule has 0 bridgehead atoms. The van der Waals surface area contributed by atoms with E-state index in [4.69, 9.17) is 0 Å². The second-order valence-electron chi connectivity index (χ2n) is 4.71. The second-order valence-corrected chi connectivity index (χ2v) is 5.58. The van der Waals surface area contributed by atoms with Crippen LogP contribution < -0.4 is 5.56 Å². The molecular formula is C16H15N3OS. The number of pyridine rings is 1. The van der Waals surface area contributed by atoms with Crippen molar-refractivity contribution in [1.29, 1.82) is 0 Å². The van der Waals surface area contributed by atoms with Gasteiger partial charge in [0, 0.05) is 29.5 Å². The maximum atomic E-state index is 12.5. The first-order valence-electron chi connectivity index (χ1n) is 6.86. The minimum atomic E-state index is 0.0361. The van der Waals surface area contributed by atoms with Gasteiger partial charge in [0.25, 0.3) is 5.56 Å². The highest BCUT2D eigenvalue weighted by atomic mass is 32.1. The predicted octanol–water partition coefficient (Wildman–Crippen LogP) is 3.27. The zero-order valence-corrected chi connectivity index (χ0v) is 12.5. The Balaban J connectivity index is 2.10. The van der Waals surface area contributed by atoms with Crippen LogP contribution in [-0.4, -0.2) is 14.4 Å². The van der Waals surface area contributed by atoms with Gasteiger partial charge >= 0.3 is 0 Å². The Morgan fingerprint density at radius 2 is 2.29 bits per heavy atom. The Morgan fingerprint density at radius 1 is 1.38 bits per heavy atom. The molecule has 106 valence electrons. The molecule has 0 aliphatic heterocycles. The van der Waals surface area contributed by atoms with E-state index >= 15 is 0 Å². The molecule has 3 heterocycles. The lowest BCUT2D eigenvalue weighted by Gasteiger charge is -2.04. The van der Waals surface area contributed by atoms with Crippen LogP contribution in [0.15, 0.2) is 40.9 Å². The molecule has 0 aromatic carbocycles. The average Bonchev–Trinajstić information content (AvgIpc) is 2.98. The SMILES string of the molecule is CCCc1c(/C=C/c2cccnc2)nc2sccn2c1=O. The standard InChI is InChI=1S/C16H15N3OS/c1-2-4-13-14(7-6-12-5-3-8-17-11-12)18-16-19(15(13)20)9-10-21-16/h3,5-11H,2,4H2,1H3/b7-6+. The Kier molecular flexibility index (Phi) is 3.92. The van der Waals surface area contributed by atoms with Gasteiger partial charge in [-0.25, -0.2) is 4.98 Å². The Morgan fingerprint density at radius 3 is 3.05 bits per heavy atom. The highest BCUT2D eigenvalue weighted by Gasteiger charge is 2.10. The fraction of sp³-hybridized carbons (Fsp3) is 0.188. The molecular weight excluding hydrogens is 282 g/mol. The van der Waals surface area contributed by atoms with E-state index in [-0.39, 0.29) is 5.56 Å². The van der Waals surface area contributed by atoms with E-state index in [0.29, 0.717) is 0 Å². The second kappa shape index (κ2) is 6.01. The third-order valence-electron chi connectivity index (χ3n) is 3.21. The molecule has 0 aliphatic carbocycles. The maximum Gasteiger partial charge on any atom is 0.262 e. The summed E-state index contributed by atoms with van der Waals surface area (Å²) in [5, 5.41) is 1.88. The average molecular weight is 297 g/mol. The van der Waals surface area contributed by atoms with Gasteiger partial charge < -0.3 is 0 Å². The summed E-state index contributed by atoms with van der Waals surface area (Å²) in [4.78, 5) is 21.9. The molecule has 0 aliphatic rings. The van der Waals surface area contributed by atoms with Crippen LogP contribution in [0, 0.1) is 0 Å². The Bertz CT molecular complexity index is 834. The summed E-state index contributed by atoms with van der Waals surface area (Å²) >= 11 is 1.47. The third kappa shape index (κ3) is 2.78. The lowest BCUT2D eigenvalue weighted by molar-refractivity contribution is 0.875. The molecule has 3 rings (SSSR count). The molecule has 3 aromatic rings. The van der Waals surface area contributed by atoms with Gasteiger partial charge in [-0.05, 0) is 24.1 Å². The number of fused-ring (bicyclic) bond motifs is 1. The monoisotopic (exact) mass is 297 g/mol. The lowest BCUT2D eigenvalue weighted by atomic mass is 10.1. The molecule has 0 atom stereocenters. The Hall–Kier alpha value is -2.27. The number of rotatable bonds is 4. The van der Waals surface area contributed by atoms with Crippen LogP contribution in [0.3, 0.4) is 0 Å². The van der Waals surface area contributed by atoms with Crippen LogP contribution in [0.5, 0.6) is 0 Å². The summed E-state index contributed by atoms with van der Waals surface area (Å²) < 4.78 is 1.62. The summed E-state index contributed by atoms with van der Waals surface area (Å²) in [5.41, 5.74) is 2.56. The molecule has 0 fully saturated rings. The van der Waals surface area contributed by atoms with Crippen molar-refractivity contribution in [1.82, 2.24) is 14.4 Å². The van der Waals surface area contributed by atoms with E-state index in [2.05, 4.69) is 16.9 Å². The summed E-state index contributed by atoms with van der Waals surface area (Å²) in [6, 6.07) is 3.86.